The van der Waals surface area contributed by atoms with Crippen molar-refractivity contribution in [2.24, 2.45) is 5.92 Å². The molecule has 0 saturated heterocycles. The molecular formula is C7H13O2. The Morgan fingerprint density at radius 3 is 2.67 bits per heavy atom. The Hall–Kier alpha value is -0.0800. The van der Waals surface area contributed by atoms with E-state index in [-0.39, 0.29) is 12.5 Å². The molecule has 0 aromatic carbocycles. The highest BCUT2D eigenvalue weighted by atomic mass is 16.3. The van der Waals surface area contributed by atoms with Gasteiger partial charge in [-0.25, -0.2) is 0 Å². The molecule has 2 N–H and O–H groups in total. The maximum atomic E-state index is 9.13. The molecule has 2 heteroatoms. The number of aliphatic hydroxyl groups is 2. The van der Waals surface area contributed by atoms with Gasteiger partial charge in [-0.15, -0.1) is 0 Å². The fourth-order valence-corrected chi connectivity index (χ4v) is 1.26. The van der Waals surface area contributed by atoms with Gasteiger partial charge in [0.05, 0.1) is 6.10 Å². The predicted octanol–water partition coefficient (Wildman–Crippen LogP) is 1.07. The molecule has 0 bridgehead atoms. The minimum Gasteiger partial charge on any atom is -0.396 e. The molecule has 1 aliphatic carbocycles. The standard InChI is InChI=1S/C7H13O2/c8-5-6-3-1-2-4-7(6)9/h6,8-9H,1-5H2. The molecule has 0 aromatic rings. The Morgan fingerprint density at radius 1 is 1.44 bits per heavy atom. The van der Waals surface area contributed by atoms with Gasteiger partial charge in [0, 0.05) is 12.5 Å². The average molecular weight is 129 g/mol. The van der Waals surface area contributed by atoms with Crippen LogP contribution in [0.25, 0.3) is 0 Å². The van der Waals surface area contributed by atoms with E-state index in [9.17, 15) is 0 Å². The zero-order chi connectivity index (χ0) is 6.69. The van der Waals surface area contributed by atoms with Crippen molar-refractivity contribution in [3.63, 3.8) is 0 Å². The summed E-state index contributed by atoms with van der Waals surface area (Å²) in [6, 6.07) is 0. The Labute approximate surface area is 55.5 Å². The van der Waals surface area contributed by atoms with E-state index in [2.05, 4.69) is 0 Å². The first kappa shape index (κ1) is 7.03. The van der Waals surface area contributed by atoms with Crippen molar-refractivity contribution < 1.29 is 10.2 Å². The summed E-state index contributed by atoms with van der Waals surface area (Å²) in [7, 11) is 0. The molecule has 1 fully saturated rings. The lowest BCUT2D eigenvalue weighted by Gasteiger charge is -2.24. The fraction of sp³-hybridized carbons (Fsp3) is 0.857. The first-order chi connectivity index (χ1) is 4.34. The lowest BCUT2D eigenvalue weighted by Crippen LogP contribution is -2.19. The molecule has 53 valence electrons. The number of hydrogen-bond donors (Lipinski definition) is 2. The van der Waals surface area contributed by atoms with Crippen molar-refractivity contribution in [3.8, 4) is 0 Å². The van der Waals surface area contributed by atoms with Gasteiger partial charge in [0.2, 0.25) is 0 Å². The minimum atomic E-state index is 0.0822. The van der Waals surface area contributed by atoms with E-state index in [1.165, 1.54) is 0 Å². The van der Waals surface area contributed by atoms with Crippen LogP contribution in [0.1, 0.15) is 25.7 Å². The summed E-state index contributed by atoms with van der Waals surface area (Å²) in [6.45, 7) is 0.117. The predicted molar refractivity (Wildman–Crippen MR) is 34.2 cm³/mol. The maximum Gasteiger partial charge on any atom is 0.0986 e. The largest absolute Gasteiger partial charge is 0.396 e. The van der Waals surface area contributed by atoms with Crippen LogP contribution in [0.4, 0.5) is 0 Å². The highest BCUT2D eigenvalue weighted by Crippen LogP contribution is 2.28. The Balaban J connectivity index is 2.30. The Bertz CT molecular complexity index is 83.0. The summed E-state index contributed by atoms with van der Waals surface area (Å²) in [4.78, 5) is 0. The zero-order valence-corrected chi connectivity index (χ0v) is 5.51. The van der Waals surface area contributed by atoms with Crippen LogP contribution in [0, 0.1) is 12.0 Å². The highest BCUT2D eigenvalue weighted by Gasteiger charge is 2.22. The van der Waals surface area contributed by atoms with E-state index in [1.54, 1.807) is 0 Å². The van der Waals surface area contributed by atoms with E-state index in [0.29, 0.717) is 6.10 Å². The summed E-state index contributed by atoms with van der Waals surface area (Å²) in [5, 5.41) is 17.8. The monoisotopic (exact) mass is 129 g/mol. The quantitative estimate of drug-likeness (QED) is 0.556. The smallest absolute Gasteiger partial charge is 0.0986 e. The fourth-order valence-electron chi connectivity index (χ4n) is 1.26. The third kappa shape index (κ3) is 1.66. The summed E-state index contributed by atoms with van der Waals surface area (Å²) in [5.41, 5.74) is 0. The van der Waals surface area contributed by atoms with E-state index < -0.39 is 0 Å². The van der Waals surface area contributed by atoms with Crippen molar-refractivity contribution in [1.29, 1.82) is 0 Å². The lowest BCUT2D eigenvalue weighted by molar-refractivity contribution is 0.118. The van der Waals surface area contributed by atoms with Gasteiger partial charge in [-0.05, 0) is 12.8 Å². The Kier molecular flexibility index (Phi) is 2.49. The molecule has 2 nitrogen and oxygen atoms in total. The van der Waals surface area contributed by atoms with Gasteiger partial charge in [0.1, 0.15) is 0 Å². The third-order valence-electron chi connectivity index (χ3n) is 1.93. The van der Waals surface area contributed by atoms with Gasteiger partial charge in [-0.2, -0.15) is 0 Å². The van der Waals surface area contributed by atoms with Crippen molar-refractivity contribution >= 4 is 0 Å². The first-order valence-corrected chi connectivity index (χ1v) is 3.50. The number of hydrogen-bond acceptors (Lipinski definition) is 2. The molecule has 9 heavy (non-hydrogen) atoms. The van der Waals surface area contributed by atoms with Crippen molar-refractivity contribution in [2.75, 3.05) is 6.61 Å². The Morgan fingerprint density at radius 2 is 2.22 bits per heavy atom. The highest BCUT2D eigenvalue weighted by molar-refractivity contribution is 4.88. The average Bonchev–Trinajstić information content (AvgIpc) is 1.89. The van der Waals surface area contributed by atoms with E-state index in [4.69, 9.17) is 10.2 Å². The zero-order valence-electron chi connectivity index (χ0n) is 5.51. The first-order valence-electron chi connectivity index (χ1n) is 3.50. The van der Waals surface area contributed by atoms with Gasteiger partial charge < -0.3 is 10.2 Å². The molecule has 0 spiro atoms. The minimum absolute atomic E-state index is 0.0822. The van der Waals surface area contributed by atoms with Crippen LogP contribution in [0.3, 0.4) is 0 Å². The van der Waals surface area contributed by atoms with Crippen LogP contribution < -0.4 is 0 Å². The van der Waals surface area contributed by atoms with Crippen LogP contribution in [-0.4, -0.2) is 16.8 Å². The molecule has 0 aliphatic heterocycles. The molecule has 0 amide bonds. The second kappa shape index (κ2) is 3.18. The summed E-state index contributed by atoms with van der Waals surface area (Å²) < 4.78 is 0. The van der Waals surface area contributed by atoms with Gasteiger partial charge >= 0.3 is 0 Å². The normalized spacial score (nSPS) is 30.7. The van der Waals surface area contributed by atoms with Crippen molar-refractivity contribution in [1.82, 2.24) is 0 Å². The second-order valence-corrected chi connectivity index (χ2v) is 2.62. The van der Waals surface area contributed by atoms with Gasteiger partial charge in [0.15, 0.2) is 0 Å². The number of rotatable bonds is 1. The van der Waals surface area contributed by atoms with Gasteiger partial charge in [0.25, 0.3) is 0 Å². The summed E-state index contributed by atoms with van der Waals surface area (Å²) >= 11 is 0. The molecule has 1 saturated carbocycles. The maximum absolute atomic E-state index is 9.13. The number of aliphatic hydroxyl groups excluding tert-OH is 2. The van der Waals surface area contributed by atoms with E-state index in [1.807, 2.05) is 0 Å². The SMILES string of the molecule is OCC1CCCC[C]1O. The molecule has 1 radical (unpaired) electrons. The van der Waals surface area contributed by atoms with E-state index in [0.717, 1.165) is 25.7 Å². The van der Waals surface area contributed by atoms with Crippen LogP contribution in [0.5, 0.6) is 0 Å². The van der Waals surface area contributed by atoms with Gasteiger partial charge in [-0.3, -0.25) is 0 Å². The summed E-state index contributed by atoms with van der Waals surface area (Å²) in [5.74, 6) is 0.0822. The third-order valence-corrected chi connectivity index (χ3v) is 1.93. The topological polar surface area (TPSA) is 40.5 Å². The lowest BCUT2D eigenvalue weighted by atomic mass is 9.87. The summed E-state index contributed by atoms with van der Waals surface area (Å²) in [6.07, 6.45) is 4.49. The van der Waals surface area contributed by atoms with Crippen LogP contribution in [0.15, 0.2) is 0 Å². The van der Waals surface area contributed by atoms with Crippen LogP contribution in [-0.2, 0) is 0 Å². The molecule has 0 heterocycles. The van der Waals surface area contributed by atoms with Crippen molar-refractivity contribution in [3.05, 3.63) is 6.10 Å². The van der Waals surface area contributed by atoms with E-state index >= 15 is 0 Å². The van der Waals surface area contributed by atoms with Gasteiger partial charge in [-0.1, -0.05) is 12.8 Å². The molecule has 1 rings (SSSR count). The van der Waals surface area contributed by atoms with Crippen LogP contribution >= 0.6 is 0 Å². The molecule has 1 unspecified atom stereocenters. The molecular weight excluding hydrogens is 116 g/mol. The van der Waals surface area contributed by atoms with Crippen molar-refractivity contribution in [2.45, 2.75) is 25.7 Å². The second-order valence-electron chi connectivity index (χ2n) is 2.62. The van der Waals surface area contributed by atoms with Crippen LogP contribution in [0.2, 0.25) is 0 Å². The molecule has 1 atom stereocenters. The molecule has 1 aliphatic rings. The molecule has 0 aromatic heterocycles.